The first-order valence-electron chi connectivity index (χ1n) is 11.1. The summed E-state index contributed by atoms with van der Waals surface area (Å²) in [5, 5.41) is 15.3. The third-order valence-electron chi connectivity index (χ3n) is 5.61. The zero-order valence-electron chi connectivity index (χ0n) is 18.8. The second kappa shape index (κ2) is 10.1. The van der Waals surface area contributed by atoms with Crippen molar-refractivity contribution in [1.82, 2.24) is 9.97 Å². The minimum absolute atomic E-state index is 0.156. The summed E-state index contributed by atoms with van der Waals surface area (Å²) < 4.78 is 10.8. The van der Waals surface area contributed by atoms with Gasteiger partial charge >= 0.3 is 5.69 Å². The fourth-order valence-corrected chi connectivity index (χ4v) is 3.95. The quantitative estimate of drug-likeness (QED) is 0.272. The molecule has 0 spiro atoms. The van der Waals surface area contributed by atoms with Crippen LogP contribution in [0.15, 0.2) is 85.2 Å². The average Bonchev–Trinajstić information content (AvgIpc) is 3.36. The maximum Gasteiger partial charge on any atom is 0.353 e. The van der Waals surface area contributed by atoms with Crippen molar-refractivity contribution in [2.45, 2.75) is 19.6 Å². The van der Waals surface area contributed by atoms with Crippen molar-refractivity contribution in [3.63, 3.8) is 0 Å². The van der Waals surface area contributed by atoms with E-state index in [9.17, 15) is 10.1 Å². The Kier molecular flexibility index (Phi) is 6.38. The molecule has 1 N–H and O–H groups in total. The highest BCUT2D eigenvalue weighted by Crippen LogP contribution is 2.35. The summed E-state index contributed by atoms with van der Waals surface area (Å²) in [5.41, 5.74) is 2.76. The highest BCUT2D eigenvalue weighted by atomic mass is 16.7. The predicted octanol–water partition coefficient (Wildman–Crippen LogP) is 4.93. The number of fused-ring (bicyclic) bond motifs is 1. The summed E-state index contributed by atoms with van der Waals surface area (Å²) in [6.07, 6.45) is 1.35. The van der Waals surface area contributed by atoms with Crippen LogP contribution < -0.4 is 19.7 Å². The van der Waals surface area contributed by atoms with Gasteiger partial charge in [0.25, 0.3) is 0 Å². The van der Waals surface area contributed by atoms with Crippen LogP contribution in [0, 0.1) is 10.1 Å². The normalized spacial score (nSPS) is 11.8. The van der Waals surface area contributed by atoms with Gasteiger partial charge in [-0.3, -0.25) is 10.1 Å². The summed E-state index contributed by atoms with van der Waals surface area (Å²) in [4.78, 5) is 22.3. The zero-order chi connectivity index (χ0) is 24.0. The van der Waals surface area contributed by atoms with E-state index in [2.05, 4.69) is 15.3 Å². The highest BCUT2D eigenvalue weighted by molar-refractivity contribution is 5.70. The van der Waals surface area contributed by atoms with Crippen molar-refractivity contribution in [3.8, 4) is 11.5 Å². The van der Waals surface area contributed by atoms with E-state index in [1.807, 2.05) is 83.8 Å². The lowest BCUT2D eigenvalue weighted by atomic mass is 10.1. The van der Waals surface area contributed by atoms with Crippen LogP contribution in [0.5, 0.6) is 11.5 Å². The van der Waals surface area contributed by atoms with Crippen LogP contribution >= 0.6 is 0 Å². The number of rotatable bonds is 9. The topological polar surface area (TPSA) is 103 Å². The molecule has 0 saturated heterocycles. The average molecular weight is 470 g/mol. The van der Waals surface area contributed by atoms with Gasteiger partial charge in [0.2, 0.25) is 18.4 Å². The second-order valence-corrected chi connectivity index (χ2v) is 8.02. The molecule has 0 aliphatic carbocycles. The van der Waals surface area contributed by atoms with Gasteiger partial charge in [-0.05, 0) is 28.8 Å². The van der Waals surface area contributed by atoms with E-state index < -0.39 is 4.92 Å². The number of nitrogens with one attached hydrogen (secondary N) is 1. The first-order chi connectivity index (χ1) is 17.2. The number of hydrogen-bond acceptors (Lipinski definition) is 8. The van der Waals surface area contributed by atoms with Gasteiger partial charge in [0, 0.05) is 19.6 Å². The molecule has 0 bridgehead atoms. The fraction of sp³-hybridized carbons (Fsp3) is 0.154. The zero-order valence-corrected chi connectivity index (χ0v) is 18.8. The minimum atomic E-state index is -0.430. The molecular weight excluding hydrogens is 446 g/mol. The Bertz CT molecular complexity index is 1280. The van der Waals surface area contributed by atoms with E-state index in [-0.39, 0.29) is 24.1 Å². The Morgan fingerprint density at radius 3 is 2.17 bits per heavy atom. The molecule has 3 aromatic carbocycles. The van der Waals surface area contributed by atoms with Gasteiger partial charge < -0.3 is 19.7 Å². The van der Waals surface area contributed by atoms with E-state index in [0.29, 0.717) is 31.1 Å². The maximum absolute atomic E-state index is 12.2. The fourth-order valence-electron chi connectivity index (χ4n) is 3.95. The summed E-state index contributed by atoms with van der Waals surface area (Å²) in [6.45, 7) is 1.42. The molecule has 35 heavy (non-hydrogen) atoms. The van der Waals surface area contributed by atoms with Crippen molar-refractivity contribution >= 4 is 17.3 Å². The van der Waals surface area contributed by atoms with Crippen LogP contribution in [-0.4, -0.2) is 21.7 Å². The summed E-state index contributed by atoms with van der Waals surface area (Å²) in [5.74, 6) is 1.75. The lowest BCUT2D eigenvalue weighted by Crippen LogP contribution is -2.25. The van der Waals surface area contributed by atoms with Crippen molar-refractivity contribution in [2.24, 2.45) is 0 Å². The molecule has 1 aliphatic heterocycles. The van der Waals surface area contributed by atoms with Gasteiger partial charge in [-0.1, -0.05) is 66.7 Å². The molecular formula is C26H23N5O4. The molecule has 2 heterocycles. The van der Waals surface area contributed by atoms with Gasteiger partial charge in [-0.2, -0.15) is 0 Å². The first-order valence-corrected chi connectivity index (χ1v) is 11.1. The third-order valence-corrected chi connectivity index (χ3v) is 5.61. The molecule has 0 unspecified atom stereocenters. The molecule has 4 aromatic rings. The van der Waals surface area contributed by atoms with Gasteiger partial charge in [0.15, 0.2) is 11.5 Å². The Balaban J connectivity index is 1.46. The van der Waals surface area contributed by atoms with Crippen LogP contribution in [0.3, 0.4) is 0 Å². The summed E-state index contributed by atoms with van der Waals surface area (Å²) in [6, 6.07) is 25.2. The third kappa shape index (κ3) is 5.14. The van der Waals surface area contributed by atoms with Crippen LogP contribution in [0.4, 0.5) is 17.3 Å². The maximum atomic E-state index is 12.2. The lowest BCUT2D eigenvalue weighted by Gasteiger charge is -2.24. The number of ether oxygens (including phenoxy) is 2. The second-order valence-electron chi connectivity index (χ2n) is 8.02. The smallest absolute Gasteiger partial charge is 0.353 e. The van der Waals surface area contributed by atoms with E-state index in [1.54, 1.807) is 0 Å². The Morgan fingerprint density at radius 1 is 0.857 bits per heavy atom. The van der Waals surface area contributed by atoms with Gasteiger partial charge in [-0.25, -0.2) is 9.97 Å². The van der Waals surface area contributed by atoms with E-state index in [4.69, 9.17) is 9.47 Å². The number of nitro groups is 1. The molecule has 176 valence electrons. The molecule has 1 aromatic heterocycles. The standard InChI is InChI=1S/C26H23N5O4/c32-31(33)24-25(27-14-21-11-12-22-23(13-21)35-18-34-22)28-17-29-26(24)30(15-19-7-3-1-4-8-19)16-20-9-5-2-6-10-20/h1-13,17H,14-16,18H2,(H,27,28,29). The number of anilines is 2. The number of nitrogens with zero attached hydrogens (tertiary/aromatic N) is 4. The molecule has 9 heteroatoms. The van der Waals surface area contributed by atoms with Crippen molar-refractivity contribution in [2.75, 3.05) is 17.0 Å². The van der Waals surface area contributed by atoms with Crippen LogP contribution in [0.1, 0.15) is 16.7 Å². The van der Waals surface area contributed by atoms with Crippen LogP contribution in [-0.2, 0) is 19.6 Å². The first kappa shape index (κ1) is 22.1. The van der Waals surface area contributed by atoms with Gasteiger partial charge in [-0.15, -0.1) is 0 Å². The number of benzene rings is 3. The number of aromatic nitrogens is 2. The molecule has 5 rings (SSSR count). The predicted molar refractivity (Wildman–Crippen MR) is 131 cm³/mol. The monoisotopic (exact) mass is 469 g/mol. The van der Waals surface area contributed by atoms with Gasteiger partial charge in [0.1, 0.15) is 6.33 Å². The van der Waals surface area contributed by atoms with Gasteiger partial charge in [0.05, 0.1) is 4.92 Å². The molecule has 0 radical (unpaired) electrons. The minimum Gasteiger partial charge on any atom is -0.454 e. The Hall–Kier alpha value is -4.66. The molecule has 1 aliphatic rings. The molecule has 0 amide bonds. The van der Waals surface area contributed by atoms with Crippen molar-refractivity contribution in [1.29, 1.82) is 0 Å². The summed E-state index contributed by atoms with van der Waals surface area (Å²) in [7, 11) is 0. The number of hydrogen-bond donors (Lipinski definition) is 1. The molecule has 0 saturated carbocycles. The Labute approximate surface area is 202 Å². The van der Waals surface area contributed by atoms with Crippen molar-refractivity contribution < 1.29 is 14.4 Å². The molecule has 0 atom stereocenters. The van der Waals surface area contributed by atoms with E-state index in [1.165, 1.54) is 6.33 Å². The van der Waals surface area contributed by atoms with Crippen molar-refractivity contribution in [3.05, 3.63) is 112 Å². The SMILES string of the molecule is O=[N+]([O-])c1c(NCc2ccc3c(c2)OCO3)ncnc1N(Cc1ccccc1)Cc1ccccc1. The summed E-state index contributed by atoms with van der Waals surface area (Å²) >= 11 is 0. The highest BCUT2D eigenvalue weighted by Gasteiger charge is 2.27. The van der Waals surface area contributed by atoms with Crippen LogP contribution in [0.25, 0.3) is 0 Å². The largest absolute Gasteiger partial charge is 0.454 e. The van der Waals surface area contributed by atoms with E-state index >= 15 is 0 Å². The Morgan fingerprint density at radius 2 is 1.51 bits per heavy atom. The van der Waals surface area contributed by atoms with Crippen LogP contribution in [0.2, 0.25) is 0 Å². The molecule has 9 nitrogen and oxygen atoms in total. The van der Waals surface area contributed by atoms with E-state index in [0.717, 1.165) is 16.7 Å². The lowest BCUT2D eigenvalue weighted by molar-refractivity contribution is -0.383. The molecule has 0 fully saturated rings.